The highest BCUT2D eigenvalue weighted by Crippen LogP contribution is 2.12. The van der Waals surface area contributed by atoms with Crippen molar-refractivity contribution in [2.45, 2.75) is 226 Å². The van der Waals surface area contributed by atoms with Crippen LogP contribution in [0.25, 0.3) is 0 Å². The van der Waals surface area contributed by atoms with Gasteiger partial charge in [-0.1, -0.05) is 195 Å². The van der Waals surface area contributed by atoms with Crippen molar-refractivity contribution < 1.29 is 28.6 Å². The number of unbranched alkanes of at least 4 members (excludes halogenated alkanes) is 17. The molecule has 6 nitrogen and oxygen atoms in total. The SMILES string of the molecule is CC/C=C\C/C=C\C/C=C\C/C=C\C/C=C\C/C=C\CCCCC(=O)OCC(COC(=O)CCCCCCCCC)OC(=O)CCCCCCC/C=C\C/C=C\CCCCCC. The summed E-state index contributed by atoms with van der Waals surface area (Å²) in [4.78, 5) is 37.8. The van der Waals surface area contributed by atoms with Crippen molar-refractivity contribution in [2.24, 2.45) is 0 Å². The van der Waals surface area contributed by atoms with E-state index in [0.717, 1.165) is 122 Å². The summed E-state index contributed by atoms with van der Waals surface area (Å²) in [5.74, 6) is -0.969. The molecule has 6 heteroatoms. The van der Waals surface area contributed by atoms with Crippen molar-refractivity contribution in [1.82, 2.24) is 0 Å². The molecule has 1 unspecified atom stereocenters. The second-order valence-corrected chi connectivity index (χ2v) is 16.3. The minimum Gasteiger partial charge on any atom is -0.462 e. The third-order valence-electron chi connectivity index (χ3n) is 10.3. The number of hydrogen-bond donors (Lipinski definition) is 0. The lowest BCUT2D eigenvalue weighted by molar-refractivity contribution is -0.167. The Morgan fingerprint density at radius 2 is 0.629 bits per heavy atom. The average Bonchev–Trinajstić information content (AvgIpc) is 3.27. The van der Waals surface area contributed by atoms with Gasteiger partial charge in [-0.15, -0.1) is 0 Å². The van der Waals surface area contributed by atoms with E-state index in [1.807, 2.05) is 0 Å². The number of esters is 3. The molecular formula is C56H92O6. The van der Waals surface area contributed by atoms with E-state index in [9.17, 15) is 14.4 Å². The smallest absolute Gasteiger partial charge is 0.306 e. The van der Waals surface area contributed by atoms with Gasteiger partial charge in [-0.3, -0.25) is 14.4 Å². The highest BCUT2D eigenvalue weighted by Gasteiger charge is 2.19. The van der Waals surface area contributed by atoms with Crippen LogP contribution in [0.3, 0.4) is 0 Å². The predicted molar refractivity (Wildman–Crippen MR) is 265 cm³/mol. The molecule has 352 valence electrons. The third-order valence-corrected chi connectivity index (χ3v) is 10.3. The van der Waals surface area contributed by atoms with E-state index in [2.05, 4.69) is 118 Å². The van der Waals surface area contributed by atoms with E-state index in [4.69, 9.17) is 14.2 Å². The van der Waals surface area contributed by atoms with Gasteiger partial charge in [0.1, 0.15) is 13.2 Å². The maximum atomic E-state index is 12.7. The Morgan fingerprint density at radius 3 is 1.03 bits per heavy atom. The Balaban J connectivity index is 4.39. The van der Waals surface area contributed by atoms with Crippen LogP contribution in [0.5, 0.6) is 0 Å². The van der Waals surface area contributed by atoms with Gasteiger partial charge in [-0.05, 0) is 103 Å². The largest absolute Gasteiger partial charge is 0.462 e. The van der Waals surface area contributed by atoms with Gasteiger partial charge < -0.3 is 14.2 Å². The summed E-state index contributed by atoms with van der Waals surface area (Å²) in [5, 5.41) is 0. The fraction of sp³-hybridized carbons (Fsp3) is 0.661. The number of carbonyl (C=O) groups excluding carboxylic acids is 3. The van der Waals surface area contributed by atoms with Crippen LogP contribution < -0.4 is 0 Å². The molecule has 0 N–H and O–H groups in total. The molecule has 0 saturated heterocycles. The lowest BCUT2D eigenvalue weighted by Crippen LogP contribution is -2.30. The fourth-order valence-electron chi connectivity index (χ4n) is 6.53. The predicted octanol–water partition coefficient (Wildman–Crippen LogP) is 16.6. The van der Waals surface area contributed by atoms with Crippen molar-refractivity contribution in [3.8, 4) is 0 Å². The highest BCUT2D eigenvalue weighted by atomic mass is 16.6. The number of hydrogen-bond acceptors (Lipinski definition) is 6. The van der Waals surface area contributed by atoms with Crippen LogP contribution in [0.2, 0.25) is 0 Å². The number of carbonyl (C=O) groups is 3. The van der Waals surface area contributed by atoms with Crippen LogP contribution in [0.1, 0.15) is 220 Å². The molecule has 0 aliphatic heterocycles. The van der Waals surface area contributed by atoms with Gasteiger partial charge in [0.05, 0.1) is 0 Å². The molecule has 0 radical (unpaired) electrons. The molecule has 0 aromatic carbocycles. The first-order valence-corrected chi connectivity index (χ1v) is 25.2. The van der Waals surface area contributed by atoms with Crippen molar-refractivity contribution in [2.75, 3.05) is 13.2 Å². The zero-order valence-electron chi connectivity index (χ0n) is 40.1. The summed E-state index contributed by atoms with van der Waals surface area (Å²) < 4.78 is 16.7. The van der Waals surface area contributed by atoms with Crippen LogP contribution in [-0.2, 0) is 28.6 Å². The maximum Gasteiger partial charge on any atom is 0.306 e. The van der Waals surface area contributed by atoms with Gasteiger partial charge in [0.2, 0.25) is 0 Å². The van der Waals surface area contributed by atoms with E-state index in [1.54, 1.807) is 0 Å². The minimum absolute atomic E-state index is 0.0979. The summed E-state index contributed by atoms with van der Waals surface area (Å²) in [5.41, 5.74) is 0. The quantitative estimate of drug-likeness (QED) is 0.0263. The first kappa shape index (κ1) is 58.3. The third kappa shape index (κ3) is 47.4. The van der Waals surface area contributed by atoms with Crippen LogP contribution in [0.4, 0.5) is 0 Å². The molecule has 0 fully saturated rings. The van der Waals surface area contributed by atoms with Crippen molar-refractivity contribution in [3.63, 3.8) is 0 Å². The molecular weight excluding hydrogens is 769 g/mol. The van der Waals surface area contributed by atoms with E-state index in [0.29, 0.717) is 19.3 Å². The first-order valence-electron chi connectivity index (χ1n) is 25.2. The Bertz CT molecular complexity index is 1260. The molecule has 62 heavy (non-hydrogen) atoms. The standard InChI is InChI=1S/C56H92O6/c1-4-7-10-13-16-18-20-22-24-26-27-28-29-30-32-33-35-37-40-43-46-49-55(58)61-52-53(51-60-54(57)48-45-42-39-15-12-9-6-3)62-56(59)50-47-44-41-38-36-34-31-25-23-21-19-17-14-11-8-5-2/h7,10,16,18-19,21-22,24-25,27-28,30-32,35,37,53H,4-6,8-9,11-15,17,20,23,26,29,33-34,36,38-52H2,1-3H3/b10-7-,18-16-,21-19-,24-22-,28-27-,31-25-,32-30-,37-35-. The van der Waals surface area contributed by atoms with Crippen LogP contribution >= 0.6 is 0 Å². The molecule has 0 spiro atoms. The summed E-state index contributed by atoms with van der Waals surface area (Å²) in [7, 11) is 0. The number of allylic oxidation sites excluding steroid dienone is 16. The highest BCUT2D eigenvalue weighted by molar-refractivity contribution is 5.71. The van der Waals surface area contributed by atoms with E-state index < -0.39 is 6.10 Å². The monoisotopic (exact) mass is 861 g/mol. The van der Waals surface area contributed by atoms with Gasteiger partial charge >= 0.3 is 17.9 Å². The molecule has 0 rings (SSSR count). The Morgan fingerprint density at radius 1 is 0.339 bits per heavy atom. The van der Waals surface area contributed by atoms with E-state index in [-0.39, 0.29) is 31.1 Å². The Labute approximate surface area is 381 Å². The van der Waals surface area contributed by atoms with Crippen molar-refractivity contribution in [3.05, 3.63) is 97.2 Å². The summed E-state index contributed by atoms with van der Waals surface area (Å²) in [6.07, 6.45) is 65.5. The molecule has 0 aliphatic rings. The molecule has 0 heterocycles. The summed E-state index contributed by atoms with van der Waals surface area (Å²) in [6, 6.07) is 0. The van der Waals surface area contributed by atoms with Crippen LogP contribution in [0, 0.1) is 0 Å². The average molecular weight is 861 g/mol. The van der Waals surface area contributed by atoms with E-state index >= 15 is 0 Å². The van der Waals surface area contributed by atoms with E-state index in [1.165, 1.54) is 57.8 Å². The van der Waals surface area contributed by atoms with Gasteiger partial charge in [-0.2, -0.15) is 0 Å². The fourth-order valence-corrected chi connectivity index (χ4v) is 6.53. The molecule has 0 amide bonds. The lowest BCUT2D eigenvalue weighted by atomic mass is 10.1. The normalized spacial score (nSPS) is 12.9. The van der Waals surface area contributed by atoms with Crippen LogP contribution in [0.15, 0.2) is 97.2 Å². The minimum atomic E-state index is -0.800. The maximum absolute atomic E-state index is 12.7. The first-order chi connectivity index (χ1) is 30.5. The molecule has 1 atom stereocenters. The topological polar surface area (TPSA) is 78.9 Å². The van der Waals surface area contributed by atoms with Gasteiger partial charge in [0.25, 0.3) is 0 Å². The Kier molecular flexibility index (Phi) is 47.0. The van der Waals surface area contributed by atoms with Crippen molar-refractivity contribution >= 4 is 17.9 Å². The van der Waals surface area contributed by atoms with Gasteiger partial charge in [-0.25, -0.2) is 0 Å². The number of rotatable bonds is 44. The van der Waals surface area contributed by atoms with Crippen LogP contribution in [-0.4, -0.2) is 37.2 Å². The molecule has 0 aliphatic carbocycles. The van der Waals surface area contributed by atoms with Gasteiger partial charge in [0.15, 0.2) is 6.10 Å². The summed E-state index contributed by atoms with van der Waals surface area (Å²) in [6.45, 7) is 6.40. The van der Waals surface area contributed by atoms with Crippen molar-refractivity contribution in [1.29, 1.82) is 0 Å². The Hall–Kier alpha value is -3.67. The zero-order chi connectivity index (χ0) is 45.1. The zero-order valence-corrected chi connectivity index (χ0v) is 40.1. The lowest BCUT2D eigenvalue weighted by Gasteiger charge is -2.18. The molecule has 0 bridgehead atoms. The molecule has 0 aromatic rings. The number of ether oxygens (including phenoxy) is 3. The molecule has 0 aromatic heterocycles. The second kappa shape index (κ2) is 50.0. The van der Waals surface area contributed by atoms with Gasteiger partial charge in [0, 0.05) is 19.3 Å². The second-order valence-electron chi connectivity index (χ2n) is 16.3. The summed E-state index contributed by atoms with van der Waals surface area (Å²) >= 11 is 0. The molecule has 0 saturated carbocycles.